The quantitative estimate of drug-likeness (QED) is 0.338. The minimum atomic E-state index is -0.664. The van der Waals surface area contributed by atoms with Gasteiger partial charge in [0.25, 0.3) is 5.56 Å². The standard InChI is InChI=1S/C30H28BN9O2/c1-17-4-7-24(40-15-26(31)36-37-40)21(10-17)22-12-27(41)39(16-33-22)30-13-20(30)6-5-18(2)29(42)35-23-14-34-38(3)28(23)19-8-9-32-25(30)11-19/h4,7-12,14-16,18,20H,5-6,13H2,1-3H3,(H,35,42)/t18-,20?,30?/m1/s1. The maximum atomic E-state index is 13.9. The summed E-state index contributed by atoms with van der Waals surface area (Å²) in [6.07, 6.45) is 8.86. The van der Waals surface area contributed by atoms with Crippen molar-refractivity contribution < 1.29 is 4.79 Å². The zero-order valence-corrected chi connectivity index (χ0v) is 23.5. The molecule has 3 atom stereocenters. The number of carbonyl (C=O) groups is 1. The van der Waals surface area contributed by atoms with Crippen molar-refractivity contribution in [3.05, 3.63) is 82.9 Å². The van der Waals surface area contributed by atoms with Crippen LogP contribution in [0.25, 0.3) is 28.2 Å². The van der Waals surface area contributed by atoms with Gasteiger partial charge in [0.15, 0.2) is 0 Å². The Morgan fingerprint density at radius 2 is 1.95 bits per heavy atom. The van der Waals surface area contributed by atoms with E-state index in [1.807, 2.05) is 51.2 Å². The van der Waals surface area contributed by atoms with Crippen molar-refractivity contribution in [2.45, 2.75) is 38.6 Å². The molecule has 1 N–H and O–H groups in total. The first-order valence-electron chi connectivity index (χ1n) is 13.9. The number of anilines is 1. The van der Waals surface area contributed by atoms with Crippen LogP contribution in [0.2, 0.25) is 0 Å². The first-order valence-corrected chi connectivity index (χ1v) is 13.9. The number of amides is 1. The van der Waals surface area contributed by atoms with Crippen LogP contribution in [0.1, 0.15) is 37.4 Å². The Balaban J connectivity index is 1.35. The number of rotatable bonds is 3. The van der Waals surface area contributed by atoms with Crippen molar-refractivity contribution in [3.63, 3.8) is 0 Å². The summed E-state index contributed by atoms with van der Waals surface area (Å²) in [5.74, 6) is -0.125. The van der Waals surface area contributed by atoms with Crippen molar-refractivity contribution >= 4 is 25.0 Å². The fourth-order valence-corrected chi connectivity index (χ4v) is 6.21. The molecule has 1 amide bonds. The number of nitrogens with one attached hydrogen (secondary N) is 1. The van der Waals surface area contributed by atoms with Crippen molar-refractivity contribution in [3.8, 4) is 28.2 Å². The Hall–Kier alpha value is -4.87. The van der Waals surface area contributed by atoms with Gasteiger partial charge in [0, 0.05) is 48.1 Å². The maximum Gasteiger partial charge on any atom is 0.254 e. The Labute approximate surface area is 243 Å². The van der Waals surface area contributed by atoms with Crippen LogP contribution < -0.4 is 16.5 Å². The predicted octanol–water partition coefficient (Wildman–Crippen LogP) is 2.52. The smallest absolute Gasteiger partial charge is 0.254 e. The number of aryl methyl sites for hydroxylation is 2. The highest BCUT2D eigenvalue weighted by Crippen LogP contribution is 2.57. The molecule has 42 heavy (non-hydrogen) atoms. The zero-order chi connectivity index (χ0) is 29.2. The van der Waals surface area contributed by atoms with Crippen molar-refractivity contribution in [2.24, 2.45) is 18.9 Å². The third kappa shape index (κ3) is 4.17. The van der Waals surface area contributed by atoms with E-state index in [9.17, 15) is 9.59 Å². The molecule has 1 aliphatic heterocycles. The molecular formula is C30H28BN9O2. The van der Waals surface area contributed by atoms with Crippen LogP contribution >= 0.6 is 0 Å². The van der Waals surface area contributed by atoms with Crippen LogP contribution in [0, 0.1) is 18.8 Å². The summed E-state index contributed by atoms with van der Waals surface area (Å²) in [7, 11) is 7.66. The third-order valence-electron chi connectivity index (χ3n) is 8.57. The summed E-state index contributed by atoms with van der Waals surface area (Å²) in [5.41, 5.74) is 5.55. The molecule has 2 bridgehead atoms. The van der Waals surface area contributed by atoms with Crippen LogP contribution in [0.3, 0.4) is 0 Å². The fraction of sp³-hybridized carbons (Fsp3) is 0.300. The monoisotopic (exact) mass is 557 g/mol. The lowest BCUT2D eigenvalue weighted by atomic mass is 9.97. The van der Waals surface area contributed by atoms with E-state index >= 15 is 0 Å². The number of hydrogen-bond acceptors (Lipinski definition) is 7. The summed E-state index contributed by atoms with van der Waals surface area (Å²) in [6, 6.07) is 11.3. The van der Waals surface area contributed by atoms with Gasteiger partial charge in [-0.25, -0.2) is 9.67 Å². The predicted molar refractivity (Wildman–Crippen MR) is 158 cm³/mol. The van der Waals surface area contributed by atoms with E-state index in [4.69, 9.17) is 17.8 Å². The molecule has 1 saturated carbocycles. The lowest BCUT2D eigenvalue weighted by Gasteiger charge is -2.23. The van der Waals surface area contributed by atoms with Crippen molar-refractivity contribution in [2.75, 3.05) is 5.32 Å². The van der Waals surface area contributed by atoms with E-state index in [2.05, 4.69) is 20.7 Å². The van der Waals surface area contributed by atoms with Crippen LogP contribution in [0.5, 0.6) is 0 Å². The number of pyridine rings is 1. The summed E-state index contributed by atoms with van der Waals surface area (Å²) < 4.78 is 5.04. The molecule has 1 aromatic carbocycles. The first-order chi connectivity index (χ1) is 20.2. The van der Waals surface area contributed by atoms with Crippen LogP contribution in [-0.4, -0.2) is 53.1 Å². The minimum absolute atomic E-state index is 0.0448. The minimum Gasteiger partial charge on any atom is -0.323 e. The summed E-state index contributed by atoms with van der Waals surface area (Å²) in [4.78, 5) is 36.6. The first kappa shape index (κ1) is 26.1. The Morgan fingerprint density at radius 1 is 1.10 bits per heavy atom. The second-order valence-corrected chi connectivity index (χ2v) is 11.3. The molecular weight excluding hydrogens is 529 g/mol. The van der Waals surface area contributed by atoms with Gasteiger partial charge in [-0.2, -0.15) is 5.10 Å². The van der Waals surface area contributed by atoms with Gasteiger partial charge >= 0.3 is 0 Å². The highest BCUT2D eigenvalue weighted by Gasteiger charge is 2.58. The van der Waals surface area contributed by atoms with E-state index in [-0.39, 0.29) is 23.3 Å². The maximum absolute atomic E-state index is 13.9. The summed E-state index contributed by atoms with van der Waals surface area (Å²) in [5, 5.41) is 15.5. The van der Waals surface area contributed by atoms with E-state index < -0.39 is 5.54 Å². The highest BCUT2D eigenvalue weighted by molar-refractivity contribution is 6.30. The molecule has 7 rings (SSSR count). The van der Waals surface area contributed by atoms with Gasteiger partial charge < -0.3 is 5.32 Å². The second-order valence-electron chi connectivity index (χ2n) is 11.3. The number of aromatic nitrogens is 8. The molecule has 12 heteroatoms. The molecule has 1 aliphatic carbocycles. The molecule has 0 saturated heterocycles. The van der Waals surface area contributed by atoms with E-state index in [0.717, 1.165) is 46.6 Å². The average molecular weight is 557 g/mol. The number of fused-ring (bicyclic) bond motifs is 6. The molecule has 2 radical (unpaired) electrons. The molecule has 208 valence electrons. The van der Waals surface area contributed by atoms with E-state index in [1.54, 1.807) is 44.9 Å². The van der Waals surface area contributed by atoms with Gasteiger partial charge in [0.1, 0.15) is 7.85 Å². The topological polar surface area (TPSA) is 125 Å². The van der Waals surface area contributed by atoms with Gasteiger partial charge in [-0.1, -0.05) is 23.8 Å². The molecule has 5 heterocycles. The number of benzene rings is 1. The Bertz CT molecular complexity index is 1930. The van der Waals surface area contributed by atoms with Crippen molar-refractivity contribution in [1.82, 2.24) is 39.3 Å². The second kappa shape index (κ2) is 9.61. The highest BCUT2D eigenvalue weighted by atomic mass is 16.2. The molecule has 4 aromatic heterocycles. The lowest BCUT2D eigenvalue weighted by molar-refractivity contribution is -0.119. The zero-order valence-electron chi connectivity index (χ0n) is 23.5. The molecule has 11 nitrogen and oxygen atoms in total. The van der Waals surface area contributed by atoms with Gasteiger partial charge in [0.2, 0.25) is 5.91 Å². The molecule has 2 unspecified atom stereocenters. The number of hydrogen-bond donors (Lipinski definition) is 1. The summed E-state index contributed by atoms with van der Waals surface area (Å²) in [6.45, 7) is 3.92. The van der Waals surface area contributed by atoms with Crippen LogP contribution in [-0.2, 0) is 17.4 Å². The molecule has 5 aromatic rings. The van der Waals surface area contributed by atoms with Crippen LogP contribution in [0.15, 0.2) is 66.1 Å². The lowest BCUT2D eigenvalue weighted by Crippen LogP contribution is -2.34. The van der Waals surface area contributed by atoms with Gasteiger partial charge in [-0.15, -0.1) is 5.10 Å². The normalized spacial score (nSPS) is 21.5. The number of carbonyl (C=O) groups excluding carboxylic acids is 1. The van der Waals surface area contributed by atoms with Crippen molar-refractivity contribution in [1.29, 1.82) is 0 Å². The number of nitrogens with zero attached hydrogens (tertiary/aromatic N) is 8. The molecule has 2 aliphatic rings. The van der Waals surface area contributed by atoms with E-state index in [1.165, 1.54) is 0 Å². The van der Waals surface area contributed by atoms with Gasteiger partial charge in [0.05, 0.1) is 46.5 Å². The average Bonchev–Trinajstić information content (AvgIpc) is 3.35. The van der Waals surface area contributed by atoms with Gasteiger partial charge in [-0.3, -0.25) is 23.8 Å². The summed E-state index contributed by atoms with van der Waals surface area (Å²) >= 11 is 0. The largest absolute Gasteiger partial charge is 0.323 e. The molecule has 0 spiro atoms. The third-order valence-corrected chi connectivity index (χ3v) is 8.57. The molecule has 1 fully saturated rings. The van der Waals surface area contributed by atoms with Crippen LogP contribution in [0.4, 0.5) is 5.69 Å². The van der Waals surface area contributed by atoms with E-state index in [0.29, 0.717) is 23.4 Å². The fourth-order valence-electron chi connectivity index (χ4n) is 6.21. The Morgan fingerprint density at radius 3 is 2.74 bits per heavy atom. The SMILES string of the molecule is [B]c1cn(-c2ccc(C)cc2-c2cc(=O)n(C34CC3CC[C@@H](C)C(=O)Nc3cnn(C)c3-c3ccnc4c3)cn2)nn1. The van der Waals surface area contributed by atoms with Gasteiger partial charge in [-0.05, 0) is 56.4 Å². The Kier molecular flexibility index (Phi) is 5.96.